The Morgan fingerprint density at radius 2 is 2.09 bits per heavy atom. The van der Waals surface area contributed by atoms with E-state index >= 15 is 0 Å². The lowest BCUT2D eigenvalue weighted by molar-refractivity contribution is -0.142. The number of anilines is 1. The van der Waals surface area contributed by atoms with Gasteiger partial charge in [0.1, 0.15) is 5.71 Å². The predicted octanol–water partition coefficient (Wildman–Crippen LogP) is 2.28. The summed E-state index contributed by atoms with van der Waals surface area (Å²) in [6, 6.07) is 5.60. The summed E-state index contributed by atoms with van der Waals surface area (Å²) in [7, 11) is 0. The molecule has 6 heteroatoms. The molecule has 1 aliphatic rings. The molecule has 2 rings (SSSR count). The lowest BCUT2D eigenvalue weighted by Crippen LogP contribution is -2.47. The molecular weight excluding hydrogens is 284 g/mol. The Labute approximate surface area is 129 Å². The zero-order valence-corrected chi connectivity index (χ0v) is 13.2. The molecule has 0 amide bonds. The second-order valence-electron chi connectivity index (χ2n) is 5.55. The van der Waals surface area contributed by atoms with Gasteiger partial charge < -0.3 is 9.84 Å². The third-order valence-corrected chi connectivity index (χ3v) is 3.98. The number of carbonyl (C=O) groups excluding carboxylic acids is 1. The molecule has 0 spiro atoms. The first-order chi connectivity index (χ1) is 10.3. The van der Waals surface area contributed by atoms with Gasteiger partial charge in [0, 0.05) is 6.42 Å². The molecule has 1 aliphatic heterocycles. The number of hydrogen-bond acceptors (Lipinski definition) is 5. The molecule has 1 heterocycles. The zero-order valence-electron chi connectivity index (χ0n) is 13.2. The van der Waals surface area contributed by atoms with Gasteiger partial charge >= 0.3 is 11.9 Å². The first kappa shape index (κ1) is 16.0. The van der Waals surface area contributed by atoms with Gasteiger partial charge in [-0.05, 0) is 44.9 Å². The molecule has 0 bridgehead atoms. The van der Waals surface area contributed by atoms with Gasteiger partial charge in [0.15, 0.2) is 5.54 Å². The van der Waals surface area contributed by atoms with Crippen molar-refractivity contribution in [2.24, 2.45) is 5.10 Å². The Balaban J connectivity index is 2.50. The van der Waals surface area contributed by atoms with E-state index in [-0.39, 0.29) is 18.7 Å². The van der Waals surface area contributed by atoms with Crippen molar-refractivity contribution in [1.82, 2.24) is 0 Å². The van der Waals surface area contributed by atoms with Gasteiger partial charge in [0.05, 0.1) is 12.3 Å². The Kier molecular flexibility index (Phi) is 4.21. The third kappa shape index (κ3) is 2.56. The molecule has 0 saturated carbocycles. The maximum absolute atomic E-state index is 11.9. The van der Waals surface area contributed by atoms with Crippen LogP contribution in [0.3, 0.4) is 0 Å². The first-order valence-corrected chi connectivity index (χ1v) is 7.15. The number of hydrogen-bond donors (Lipinski definition) is 1. The number of ether oxygens (including phenoxy) is 1. The molecule has 118 valence electrons. The molecule has 1 aromatic carbocycles. The molecule has 1 atom stereocenters. The number of aryl methyl sites for hydroxylation is 1. The number of carboxylic acid groups (broad SMARTS) is 1. The fourth-order valence-electron chi connectivity index (χ4n) is 2.45. The van der Waals surface area contributed by atoms with Gasteiger partial charge in [-0.25, -0.2) is 14.6 Å². The summed E-state index contributed by atoms with van der Waals surface area (Å²) >= 11 is 0. The van der Waals surface area contributed by atoms with Crippen molar-refractivity contribution >= 4 is 23.3 Å². The monoisotopic (exact) mass is 304 g/mol. The number of carbonyl (C=O) groups is 2. The lowest BCUT2D eigenvalue weighted by Gasteiger charge is -2.31. The van der Waals surface area contributed by atoms with Crippen molar-refractivity contribution in [3.63, 3.8) is 0 Å². The first-order valence-electron chi connectivity index (χ1n) is 7.15. The minimum atomic E-state index is -1.30. The van der Waals surface area contributed by atoms with Crippen LogP contribution in [0.2, 0.25) is 0 Å². The number of benzene rings is 1. The maximum Gasteiger partial charge on any atom is 0.354 e. The van der Waals surface area contributed by atoms with Crippen molar-refractivity contribution in [1.29, 1.82) is 0 Å². The van der Waals surface area contributed by atoms with E-state index in [9.17, 15) is 14.7 Å². The van der Waals surface area contributed by atoms with E-state index in [2.05, 4.69) is 5.10 Å². The number of hydrazone groups is 1. The standard InChI is InChI=1S/C16H20N2O4/c1-5-22-14(19)12-9-16(4,15(20)21)18(17-12)13-8-6-7-10(2)11(13)3/h6-8H,5,9H2,1-4H3,(H,20,21)/t16-/m0/s1. The van der Waals surface area contributed by atoms with Crippen LogP contribution in [0.4, 0.5) is 5.69 Å². The Morgan fingerprint density at radius 1 is 1.41 bits per heavy atom. The molecule has 0 unspecified atom stereocenters. The highest BCUT2D eigenvalue weighted by atomic mass is 16.5. The van der Waals surface area contributed by atoms with Gasteiger partial charge in [0.2, 0.25) is 0 Å². The second-order valence-corrected chi connectivity index (χ2v) is 5.55. The lowest BCUT2D eigenvalue weighted by atomic mass is 9.94. The van der Waals surface area contributed by atoms with Crippen molar-refractivity contribution < 1.29 is 19.4 Å². The Bertz CT molecular complexity index is 654. The molecule has 0 radical (unpaired) electrons. The molecule has 1 N–H and O–H groups in total. The maximum atomic E-state index is 11.9. The summed E-state index contributed by atoms with van der Waals surface area (Å²) in [5.74, 6) is -1.60. The summed E-state index contributed by atoms with van der Waals surface area (Å²) in [6.45, 7) is 7.35. The number of rotatable bonds is 4. The fourth-order valence-corrected chi connectivity index (χ4v) is 2.45. The number of aliphatic carboxylic acids is 1. The highest BCUT2D eigenvalue weighted by Gasteiger charge is 2.48. The van der Waals surface area contributed by atoms with Gasteiger partial charge in [-0.3, -0.25) is 0 Å². The topological polar surface area (TPSA) is 79.2 Å². The van der Waals surface area contributed by atoms with Crippen molar-refractivity contribution in [3.05, 3.63) is 29.3 Å². The summed E-state index contributed by atoms with van der Waals surface area (Å²) in [5, 5.41) is 15.3. The molecule has 22 heavy (non-hydrogen) atoms. The smallest absolute Gasteiger partial charge is 0.354 e. The molecule has 1 aromatic rings. The van der Waals surface area contributed by atoms with Crippen molar-refractivity contribution in [2.75, 3.05) is 11.6 Å². The van der Waals surface area contributed by atoms with Crippen LogP contribution in [0.1, 0.15) is 31.4 Å². The van der Waals surface area contributed by atoms with Crippen LogP contribution in [-0.2, 0) is 14.3 Å². The molecule has 6 nitrogen and oxygen atoms in total. The number of esters is 1. The highest BCUT2D eigenvalue weighted by molar-refractivity contribution is 6.38. The van der Waals surface area contributed by atoms with Crippen LogP contribution in [-0.4, -0.2) is 34.9 Å². The Morgan fingerprint density at radius 3 is 2.68 bits per heavy atom. The number of nitrogens with zero attached hydrogens (tertiary/aromatic N) is 2. The van der Waals surface area contributed by atoms with Crippen LogP contribution in [0, 0.1) is 13.8 Å². The van der Waals surface area contributed by atoms with E-state index in [1.807, 2.05) is 26.0 Å². The zero-order chi connectivity index (χ0) is 16.5. The summed E-state index contributed by atoms with van der Waals surface area (Å²) in [6.07, 6.45) is 0.00848. The minimum Gasteiger partial charge on any atom is -0.479 e. The van der Waals surface area contributed by atoms with Crippen LogP contribution in [0.5, 0.6) is 0 Å². The fraction of sp³-hybridized carbons (Fsp3) is 0.438. The van der Waals surface area contributed by atoms with E-state index in [4.69, 9.17) is 4.74 Å². The van der Waals surface area contributed by atoms with Crippen LogP contribution in [0.25, 0.3) is 0 Å². The average molecular weight is 304 g/mol. The van der Waals surface area contributed by atoms with Crippen LogP contribution in [0.15, 0.2) is 23.3 Å². The van der Waals surface area contributed by atoms with Gasteiger partial charge in [-0.15, -0.1) is 0 Å². The second kappa shape index (κ2) is 5.79. The molecule has 0 aliphatic carbocycles. The number of carboxylic acids is 1. The predicted molar refractivity (Wildman–Crippen MR) is 83.1 cm³/mol. The summed E-state index contributed by atoms with van der Waals surface area (Å²) < 4.78 is 4.95. The SMILES string of the molecule is CCOC(=O)C1=NN(c2cccc(C)c2C)[C@](C)(C(=O)O)C1. The van der Waals surface area contributed by atoms with E-state index < -0.39 is 17.5 Å². The van der Waals surface area contributed by atoms with Crippen LogP contribution < -0.4 is 5.01 Å². The molecule has 0 fully saturated rings. The van der Waals surface area contributed by atoms with Gasteiger partial charge in [-0.1, -0.05) is 12.1 Å². The normalized spacial score (nSPS) is 20.7. The largest absolute Gasteiger partial charge is 0.479 e. The molecular formula is C16H20N2O4. The minimum absolute atomic E-state index is 0.00848. The molecule has 0 saturated heterocycles. The average Bonchev–Trinajstić information content (AvgIpc) is 2.82. The van der Waals surface area contributed by atoms with E-state index in [0.29, 0.717) is 5.69 Å². The van der Waals surface area contributed by atoms with Gasteiger partial charge in [0.25, 0.3) is 0 Å². The summed E-state index contributed by atoms with van der Waals surface area (Å²) in [5.41, 5.74) is 1.48. The van der Waals surface area contributed by atoms with E-state index in [0.717, 1.165) is 11.1 Å². The molecule has 0 aromatic heterocycles. The van der Waals surface area contributed by atoms with E-state index in [1.165, 1.54) is 5.01 Å². The van der Waals surface area contributed by atoms with Crippen molar-refractivity contribution in [3.8, 4) is 0 Å². The highest BCUT2D eigenvalue weighted by Crippen LogP contribution is 2.36. The van der Waals surface area contributed by atoms with E-state index in [1.54, 1.807) is 19.9 Å². The van der Waals surface area contributed by atoms with Gasteiger partial charge in [-0.2, -0.15) is 5.10 Å². The quantitative estimate of drug-likeness (QED) is 0.863. The van der Waals surface area contributed by atoms with Crippen LogP contribution >= 0.6 is 0 Å². The Hall–Kier alpha value is -2.37. The summed E-state index contributed by atoms with van der Waals surface area (Å²) in [4.78, 5) is 23.7. The third-order valence-electron chi connectivity index (χ3n) is 3.98. The van der Waals surface area contributed by atoms with Crippen molar-refractivity contribution in [2.45, 2.75) is 39.7 Å².